The van der Waals surface area contributed by atoms with Crippen LogP contribution in [0.1, 0.15) is 85.6 Å². The van der Waals surface area contributed by atoms with E-state index in [1.165, 1.54) is 24.8 Å². The predicted molar refractivity (Wildman–Crippen MR) is 161 cm³/mol. The second-order valence-electron chi connectivity index (χ2n) is 11.3. The van der Waals surface area contributed by atoms with Crippen LogP contribution in [-0.2, 0) is 13.0 Å². The first kappa shape index (κ1) is 28.8. The number of aromatic nitrogens is 5. The van der Waals surface area contributed by atoms with Gasteiger partial charge in [0, 0.05) is 18.7 Å². The van der Waals surface area contributed by atoms with Crippen LogP contribution in [0.25, 0.3) is 10.9 Å². The van der Waals surface area contributed by atoms with Gasteiger partial charge in [0.1, 0.15) is 0 Å². The van der Waals surface area contributed by atoms with Crippen LogP contribution < -0.4 is 15.0 Å². The van der Waals surface area contributed by atoms with Crippen LogP contribution in [0.15, 0.2) is 41.2 Å². The van der Waals surface area contributed by atoms with Crippen molar-refractivity contribution >= 4 is 10.9 Å². The highest BCUT2D eigenvalue weighted by molar-refractivity contribution is 5.82. The van der Waals surface area contributed by atoms with Gasteiger partial charge in [-0.25, -0.2) is 4.68 Å². The average molecular weight is 559 g/mol. The van der Waals surface area contributed by atoms with Crippen LogP contribution in [0.3, 0.4) is 0 Å². The molecule has 1 unspecified atom stereocenters. The zero-order valence-electron chi connectivity index (χ0n) is 24.9. The van der Waals surface area contributed by atoms with E-state index in [9.17, 15) is 4.79 Å². The van der Waals surface area contributed by atoms with E-state index >= 15 is 0 Å². The number of aryl methyl sites for hydroxylation is 2. The predicted octanol–water partition coefficient (Wildman–Crippen LogP) is 5.85. The van der Waals surface area contributed by atoms with Gasteiger partial charge in [-0.15, -0.1) is 5.10 Å². The van der Waals surface area contributed by atoms with E-state index in [1.807, 2.05) is 19.1 Å². The maximum atomic E-state index is 13.4. The molecule has 0 aliphatic heterocycles. The zero-order chi connectivity index (χ0) is 28.9. The highest BCUT2D eigenvalue weighted by Crippen LogP contribution is 2.33. The lowest BCUT2D eigenvalue weighted by Gasteiger charge is -2.32. The SMILES string of the molecule is CCC(c1nnnn1C1CCCCC1)N(CCc1ccc(OC)c(OC)c1)Cc1cc2cc(C)cc(C)c2[nH]c1=O. The normalized spacial score (nSPS) is 15.0. The second-order valence-corrected chi connectivity index (χ2v) is 11.3. The van der Waals surface area contributed by atoms with E-state index in [2.05, 4.69) is 68.2 Å². The molecule has 1 N–H and O–H groups in total. The number of pyridine rings is 1. The topological polar surface area (TPSA) is 98.2 Å². The molecule has 1 atom stereocenters. The van der Waals surface area contributed by atoms with Crippen molar-refractivity contribution in [3.63, 3.8) is 0 Å². The van der Waals surface area contributed by atoms with Crippen molar-refractivity contribution in [3.05, 3.63) is 74.8 Å². The monoisotopic (exact) mass is 558 g/mol. The minimum Gasteiger partial charge on any atom is -0.493 e. The molecule has 0 spiro atoms. The maximum Gasteiger partial charge on any atom is 0.252 e. The first-order chi connectivity index (χ1) is 19.9. The lowest BCUT2D eigenvalue weighted by molar-refractivity contribution is 0.165. The van der Waals surface area contributed by atoms with Crippen molar-refractivity contribution in [1.82, 2.24) is 30.1 Å². The number of fused-ring (bicyclic) bond motifs is 1. The fourth-order valence-electron chi connectivity index (χ4n) is 6.33. The first-order valence-corrected chi connectivity index (χ1v) is 14.8. The van der Waals surface area contributed by atoms with Crippen LogP contribution in [-0.4, -0.2) is 50.9 Å². The molecule has 2 aromatic carbocycles. The summed E-state index contributed by atoms with van der Waals surface area (Å²) in [5, 5.41) is 14.2. The number of H-pyrrole nitrogens is 1. The van der Waals surface area contributed by atoms with Crippen LogP contribution >= 0.6 is 0 Å². The van der Waals surface area contributed by atoms with Gasteiger partial charge >= 0.3 is 0 Å². The molecule has 0 bridgehead atoms. The maximum absolute atomic E-state index is 13.4. The minimum absolute atomic E-state index is 0.0404. The lowest BCUT2D eigenvalue weighted by Crippen LogP contribution is -2.35. The molecule has 0 saturated heterocycles. The van der Waals surface area contributed by atoms with Gasteiger partial charge in [-0.3, -0.25) is 9.69 Å². The zero-order valence-corrected chi connectivity index (χ0v) is 24.9. The molecule has 1 aliphatic rings. The largest absolute Gasteiger partial charge is 0.493 e. The Morgan fingerprint density at radius 2 is 1.83 bits per heavy atom. The fraction of sp³-hybridized carbons (Fsp3) is 0.500. The van der Waals surface area contributed by atoms with Crippen LogP contribution in [0.5, 0.6) is 11.5 Å². The molecule has 1 fully saturated rings. The Morgan fingerprint density at radius 1 is 1.05 bits per heavy atom. The Hall–Kier alpha value is -3.72. The third kappa shape index (κ3) is 6.30. The number of aromatic amines is 1. The number of rotatable bonds is 11. The highest BCUT2D eigenvalue weighted by atomic mass is 16.5. The molecule has 1 aliphatic carbocycles. The Balaban J connectivity index is 1.50. The van der Waals surface area contributed by atoms with Gasteiger partial charge in [0.2, 0.25) is 0 Å². The Bertz CT molecular complexity index is 1540. The number of tetrazole rings is 1. The molecule has 2 aromatic heterocycles. The summed E-state index contributed by atoms with van der Waals surface area (Å²) in [4.78, 5) is 18.9. The van der Waals surface area contributed by atoms with Gasteiger partial charge in [-0.2, -0.15) is 0 Å². The van der Waals surface area contributed by atoms with Crippen molar-refractivity contribution in [2.24, 2.45) is 0 Å². The summed E-state index contributed by atoms with van der Waals surface area (Å²) >= 11 is 0. The molecular formula is C32H42N6O3. The molecule has 0 amide bonds. The fourth-order valence-corrected chi connectivity index (χ4v) is 6.33. The number of benzene rings is 2. The Morgan fingerprint density at radius 3 is 2.56 bits per heavy atom. The molecular weight excluding hydrogens is 516 g/mol. The van der Waals surface area contributed by atoms with Crippen molar-refractivity contribution in [2.45, 2.75) is 84.3 Å². The van der Waals surface area contributed by atoms with Crippen LogP contribution in [0.4, 0.5) is 0 Å². The number of nitrogens with one attached hydrogen (secondary N) is 1. The second kappa shape index (κ2) is 12.9. The number of hydrogen-bond acceptors (Lipinski definition) is 7. The summed E-state index contributed by atoms with van der Waals surface area (Å²) < 4.78 is 13.1. The quantitative estimate of drug-likeness (QED) is 0.247. The summed E-state index contributed by atoms with van der Waals surface area (Å²) in [5.74, 6) is 2.30. The molecule has 9 nitrogen and oxygen atoms in total. The summed E-state index contributed by atoms with van der Waals surface area (Å²) in [6.45, 7) is 7.51. The van der Waals surface area contributed by atoms with Crippen molar-refractivity contribution in [1.29, 1.82) is 0 Å². The minimum atomic E-state index is -0.0534. The molecule has 41 heavy (non-hydrogen) atoms. The third-order valence-corrected chi connectivity index (χ3v) is 8.44. The molecule has 9 heteroatoms. The van der Waals surface area contributed by atoms with Crippen molar-refractivity contribution < 1.29 is 9.47 Å². The standard InChI is InChI=1S/C32H42N6O3/c1-6-27(31-34-35-36-38(31)26-10-8-7-9-11-26)37(15-14-23-12-13-28(40-4)29(18-23)41-5)20-25-19-24-17-21(2)16-22(3)30(24)33-32(25)39/h12-13,16-19,26-27H,6-11,14-15,20H2,1-5H3,(H,33,39). The molecule has 2 heterocycles. The van der Waals surface area contributed by atoms with E-state index in [0.29, 0.717) is 24.1 Å². The van der Waals surface area contributed by atoms with Gasteiger partial charge in [-0.1, -0.05) is 43.9 Å². The van der Waals surface area contributed by atoms with Gasteiger partial charge in [0.05, 0.1) is 31.8 Å². The summed E-state index contributed by atoms with van der Waals surface area (Å²) in [6.07, 6.45) is 7.47. The molecule has 218 valence electrons. The Kier molecular flexibility index (Phi) is 9.03. The van der Waals surface area contributed by atoms with Crippen LogP contribution in [0.2, 0.25) is 0 Å². The third-order valence-electron chi connectivity index (χ3n) is 8.44. The Labute approximate surface area is 241 Å². The highest BCUT2D eigenvalue weighted by Gasteiger charge is 2.29. The molecule has 1 saturated carbocycles. The van der Waals surface area contributed by atoms with Crippen molar-refractivity contribution in [3.8, 4) is 11.5 Å². The lowest BCUT2D eigenvalue weighted by atomic mass is 9.95. The molecule has 5 rings (SSSR count). The summed E-state index contributed by atoms with van der Waals surface area (Å²) in [7, 11) is 3.30. The van der Waals surface area contributed by atoms with Gasteiger partial charge in [-0.05, 0) is 90.7 Å². The van der Waals surface area contributed by atoms with Crippen molar-refractivity contribution in [2.75, 3.05) is 20.8 Å². The smallest absolute Gasteiger partial charge is 0.252 e. The number of nitrogens with zero attached hydrogens (tertiary/aromatic N) is 5. The van der Waals surface area contributed by atoms with E-state index in [4.69, 9.17) is 9.47 Å². The molecule has 4 aromatic rings. The van der Waals surface area contributed by atoms with Gasteiger partial charge in [0.15, 0.2) is 17.3 Å². The average Bonchev–Trinajstić information content (AvgIpc) is 3.46. The van der Waals surface area contributed by atoms with Crippen LogP contribution in [0, 0.1) is 13.8 Å². The summed E-state index contributed by atoms with van der Waals surface area (Å²) in [5.41, 5.74) is 4.97. The van der Waals surface area contributed by atoms with E-state index in [-0.39, 0.29) is 11.6 Å². The van der Waals surface area contributed by atoms with E-state index in [0.717, 1.165) is 65.6 Å². The van der Waals surface area contributed by atoms with E-state index < -0.39 is 0 Å². The summed E-state index contributed by atoms with van der Waals surface area (Å²) in [6, 6.07) is 12.6. The first-order valence-electron chi connectivity index (χ1n) is 14.8. The van der Waals surface area contributed by atoms with E-state index in [1.54, 1.807) is 14.2 Å². The van der Waals surface area contributed by atoms with Gasteiger partial charge in [0.25, 0.3) is 5.56 Å². The number of ether oxygens (including phenoxy) is 2. The number of methoxy groups -OCH3 is 2. The molecule has 0 radical (unpaired) electrons. The van der Waals surface area contributed by atoms with Gasteiger partial charge < -0.3 is 14.5 Å². The number of hydrogen-bond donors (Lipinski definition) is 1.